The summed E-state index contributed by atoms with van der Waals surface area (Å²) in [6.45, 7) is 3.72. The summed E-state index contributed by atoms with van der Waals surface area (Å²) >= 11 is 0. The summed E-state index contributed by atoms with van der Waals surface area (Å²) in [6, 6.07) is 13.0. The Hall–Kier alpha value is -3.52. The highest BCUT2D eigenvalue weighted by Gasteiger charge is 2.36. The summed E-state index contributed by atoms with van der Waals surface area (Å²) < 4.78 is 2.07. The Morgan fingerprint density at radius 1 is 1.03 bits per heavy atom. The zero-order valence-electron chi connectivity index (χ0n) is 18.5. The highest BCUT2D eigenvalue weighted by atomic mass is 16.2. The lowest BCUT2D eigenvalue weighted by Gasteiger charge is -2.47. The van der Waals surface area contributed by atoms with Crippen molar-refractivity contribution in [3.63, 3.8) is 0 Å². The molecule has 0 radical (unpaired) electrons. The monoisotopic (exact) mass is 441 g/mol. The van der Waals surface area contributed by atoms with Gasteiger partial charge in [-0.3, -0.25) is 14.4 Å². The molecule has 8 nitrogen and oxygen atoms in total. The lowest BCUT2D eigenvalue weighted by Crippen LogP contribution is -2.56. The van der Waals surface area contributed by atoms with Crippen LogP contribution in [0.1, 0.15) is 24.4 Å². The van der Waals surface area contributed by atoms with Gasteiger partial charge in [-0.1, -0.05) is 30.3 Å². The lowest BCUT2D eigenvalue weighted by atomic mass is 9.97. The van der Waals surface area contributed by atoms with Crippen LogP contribution in [0.25, 0.3) is 22.3 Å². The van der Waals surface area contributed by atoms with E-state index in [4.69, 9.17) is 0 Å². The Balaban J connectivity index is 1.02. The zero-order chi connectivity index (χ0) is 22.2. The standard InChI is InChI=1S/C25H27N7O/c33-23(12-18-4-2-1-3-5-18)30-10-7-20(8-11-30)31-15-21(16-31)32-14-19(13-29-32)24-22-6-9-26-25(22)28-17-27-24/h1-6,9,13-14,17,20-21H,7-8,10-12,15-16H2,(H,26,27,28). The van der Waals surface area contributed by atoms with Crippen LogP contribution in [0.5, 0.6) is 0 Å². The number of nitrogens with one attached hydrogen (secondary N) is 1. The van der Waals surface area contributed by atoms with E-state index < -0.39 is 0 Å². The van der Waals surface area contributed by atoms with Crippen LogP contribution in [0.3, 0.4) is 0 Å². The van der Waals surface area contributed by atoms with Crippen molar-refractivity contribution >= 4 is 16.9 Å². The first kappa shape index (κ1) is 20.1. The van der Waals surface area contributed by atoms with E-state index in [2.05, 4.69) is 35.8 Å². The van der Waals surface area contributed by atoms with Gasteiger partial charge in [0.25, 0.3) is 0 Å². The molecule has 0 aliphatic carbocycles. The molecule has 4 aromatic rings. The largest absolute Gasteiger partial charge is 0.346 e. The average molecular weight is 442 g/mol. The lowest BCUT2D eigenvalue weighted by molar-refractivity contribution is -0.132. The molecular formula is C25H27N7O. The molecule has 2 aliphatic rings. The molecule has 2 saturated heterocycles. The van der Waals surface area contributed by atoms with Crippen molar-refractivity contribution in [1.82, 2.24) is 34.5 Å². The topological polar surface area (TPSA) is 82.9 Å². The molecule has 33 heavy (non-hydrogen) atoms. The minimum atomic E-state index is 0.242. The number of H-pyrrole nitrogens is 1. The average Bonchev–Trinajstić information content (AvgIpc) is 3.49. The van der Waals surface area contributed by atoms with Crippen molar-refractivity contribution < 1.29 is 4.79 Å². The SMILES string of the molecule is O=C(Cc1ccccc1)N1CCC(N2CC(n3cc(-c4ncnc5[nH]ccc45)cn3)C2)CC1. The summed E-state index contributed by atoms with van der Waals surface area (Å²) in [5, 5.41) is 5.64. The number of rotatable bonds is 5. The van der Waals surface area contributed by atoms with Gasteiger partial charge in [0, 0.05) is 55.6 Å². The van der Waals surface area contributed by atoms with E-state index in [9.17, 15) is 4.79 Å². The van der Waals surface area contributed by atoms with Crippen LogP contribution in [-0.4, -0.2) is 72.7 Å². The predicted octanol–water partition coefficient (Wildman–Crippen LogP) is 2.91. The van der Waals surface area contributed by atoms with Crippen LogP contribution in [0.15, 0.2) is 61.3 Å². The summed E-state index contributed by atoms with van der Waals surface area (Å²) in [5.74, 6) is 0.242. The minimum Gasteiger partial charge on any atom is -0.346 e. The van der Waals surface area contributed by atoms with Gasteiger partial charge in [-0.15, -0.1) is 0 Å². The first-order valence-corrected chi connectivity index (χ1v) is 11.6. The molecule has 2 aliphatic heterocycles. The number of amides is 1. The molecule has 3 aromatic heterocycles. The molecule has 0 saturated carbocycles. The third kappa shape index (κ3) is 3.91. The molecule has 1 aromatic carbocycles. The van der Waals surface area contributed by atoms with Crippen LogP contribution in [0.4, 0.5) is 0 Å². The molecular weight excluding hydrogens is 414 g/mol. The van der Waals surface area contributed by atoms with Gasteiger partial charge in [0.15, 0.2) is 0 Å². The van der Waals surface area contributed by atoms with Crippen LogP contribution in [0, 0.1) is 0 Å². The number of aromatic amines is 1. The van der Waals surface area contributed by atoms with E-state index in [0.717, 1.165) is 66.9 Å². The quantitative estimate of drug-likeness (QED) is 0.515. The Morgan fingerprint density at radius 2 is 1.85 bits per heavy atom. The highest BCUT2D eigenvalue weighted by Crippen LogP contribution is 2.30. The third-order valence-corrected chi connectivity index (χ3v) is 7.03. The Labute approximate surface area is 192 Å². The molecule has 0 spiro atoms. The van der Waals surface area contributed by atoms with Gasteiger partial charge in [0.1, 0.15) is 12.0 Å². The summed E-state index contributed by atoms with van der Waals surface area (Å²) in [4.78, 5) is 29.1. The number of aromatic nitrogens is 5. The fraction of sp³-hybridized carbons (Fsp3) is 0.360. The second kappa shape index (κ2) is 8.44. The van der Waals surface area contributed by atoms with Crippen molar-refractivity contribution in [2.45, 2.75) is 31.3 Å². The summed E-state index contributed by atoms with van der Waals surface area (Å²) in [5.41, 5.74) is 3.87. The first-order valence-electron chi connectivity index (χ1n) is 11.6. The number of carbonyl (C=O) groups excluding carboxylic acids is 1. The number of likely N-dealkylation sites (tertiary alicyclic amines) is 2. The zero-order valence-corrected chi connectivity index (χ0v) is 18.5. The number of fused-ring (bicyclic) bond motifs is 1. The molecule has 168 valence electrons. The van der Waals surface area contributed by atoms with Crippen LogP contribution < -0.4 is 0 Å². The Morgan fingerprint density at radius 3 is 2.67 bits per heavy atom. The molecule has 0 unspecified atom stereocenters. The van der Waals surface area contributed by atoms with Gasteiger partial charge in [-0.05, 0) is 24.5 Å². The second-order valence-corrected chi connectivity index (χ2v) is 9.05. The Bertz CT molecular complexity index is 1250. The van der Waals surface area contributed by atoms with Crippen molar-refractivity contribution in [1.29, 1.82) is 0 Å². The van der Waals surface area contributed by atoms with E-state index >= 15 is 0 Å². The number of hydrogen-bond donors (Lipinski definition) is 1. The molecule has 1 amide bonds. The van der Waals surface area contributed by atoms with Crippen molar-refractivity contribution in [2.24, 2.45) is 0 Å². The van der Waals surface area contributed by atoms with Gasteiger partial charge >= 0.3 is 0 Å². The van der Waals surface area contributed by atoms with E-state index in [1.165, 1.54) is 0 Å². The van der Waals surface area contributed by atoms with Crippen molar-refractivity contribution in [2.75, 3.05) is 26.2 Å². The molecule has 2 fully saturated rings. The number of piperidine rings is 1. The van der Waals surface area contributed by atoms with Gasteiger partial charge in [-0.25, -0.2) is 9.97 Å². The van der Waals surface area contributed by atoms with E-state index in [1.807, 2.05) is 53.7 Å². The van der Waals surface area contributed by atoms with Gasteiger partial charge in [-0.2, -0.15) is 5.10 Å². The smallest absolute Gasteiger partial charge is 0.226 e. The van der Waals surface area contributed by atoms with Crippen molar-refractivity contribution in [3.8, 4) is 11.3 Å². The molecule has 0 bridgehead atoms. The molecule has 0 atom stereocenters. The van der Waals surface area contributed by atoms with E-state index in [-0.39, 0.29) is 5.91 Å². The van der Waals surface area contributed by atoms with Gasteiger partial charge < -0.3 is 9.88 Å². The highest BCUT2D eigenvalue weighted by molar-refractivity contribution is 5.90. The molecule has 5 heterocycles. The first-order chi connectivity index (χ1) is 16.2. The second-order valence-electron chi connectivity index (χ2n) is 9.05. The normalized spacial score (nSPS) is 18.0. The summed E-state index contributed by atoms with van der Waals surface area (Å²) in [7, 11) is 0. The van der Waals surface area contributed by atoms with Crippen molar-refractivity contribution in [3.05, 3.63) is 66.9 Å². The maximum Gasteiger partial charge on any atom is 0.226 e. The predicted molar refractivity (Wildman–Crippen MR) is 125 cm³/mol. The van der Waals surface area contributed by atoms with Crippen LogP contribution in [-0.2, 0) is 11.2 Å². The number of benzene rings is 1. The number of carbonyl (C=O) groups is 1. The van der Waals surface area contributed by atoms with Gasteiger partial charge in [0.05, 0.1) is 24.4 Å². The number of hydrogen-bond acceptors (Lipinski definition) is 5. The van der Waals surface area contributed by atoms with Crippen LogP contribution >= 0.6 is 0 Å². The third-order valence-electron chi connectivity index (χ3n) is 7.03. The maximum atomic E-state index is 12.6. The number of nitrogens with zero attached hydrogens (tertiary/aromatic N) is 6. The van der Waals surface area contributed by atoms with Gasteiger partial charge in [0.2, 0.25) is 5.91 Å². The summed E-state index contributed by atoms with van der Waals surface area (Å²) in [6.07, 6.45) is 10.1. The van der Waals surface area contributed by atoms with E-state index in [0.29, 0.717) is 18.5 Å². The van der Waals surface area contributed by atoms with E-state index in [1.54, 1.807) is 6.33 Å². The van der Waals surface area contributed by atoms with Crippen LogP contribution in [0.2, 0.25) is 0 Å². The fourth-order valence-corrected chi connectivity index (χ4v) is 5.08. The molecule has 1 N–H and O–H groups in total. The molecule has 6 rings (SSSR count). The Kier molecular flexibility index (Phi) is 5.14. The minimum absolute atomic E-state index is 0.242. The maximum absolute atomic E-state index is 12.6. The fourth-order valence-electron chi connectivity index (χ4n) is 5.08. The molecule has 8 heteroatoms.